The molecule has 0 radical (unpaired) electrons. The lowest BCUT2D eigenvalue weighted by atomic mass is 9.82. The lowest BCUT2D eigenvalue weighted by Crippen LogP contribution is -2.16. The molecule has 0 fully saturated rings. The van der Waals surface area contributed by atoms with Gasteiger partial charge in [-0.15, -0.1) is 0 Å². The fourth-order valence-electron chi connectivity index (χ4n) is 9.60. The quantitative estimate of drug-likeness (QED) is 0.0985. The first-order valence-electron chi connectivity index (χ1n) is 21.4. The van der Waals surface area contributed by atoms with Gasteiger partial charge in [-0.3, -0.25) is 0 Å². The average Bonchev–Trinajstić information content (AvgIpc) is 3.55. The van der Waals surface area contributed by atoms with Crippen LogP contribution in [0.2, 0.25) is 0 Å². The summed E-state index contributed by atoms with van der Waals surface area (Å²) in [7, 11) is 0. The van der Waals surface area contributed by atoms with Crippen molar-refractivity contribution in [2.45, 2.75) is 19.3 Å². The molecule has 0 saturated heterocycles. The molecule has 0 aliphatic heterocycles. The van der Waals surface area contributed by atoms with E-state index < -0.39 is 0 Å². The van der Waals surface area contributed by atoms with Crippen molar-refractivity contribution < 1.29 is 0 Å². The van der Waals surface area contributed by atoms with Crippen LogP contribution in [0.4, 0.5) is 17.1 Å². The van der Waals surface area contributed by atoms with E-state index in [4.69, 9.17) is 0 Å². The molecule has 1 aliphatic carbocycles. The van der Waals surface area contributed by atoms with Crippen LogP contribution in [0.1, 0.15) is 36.1 Å². The third kappa shape index (κ3) is 6.69. The van der Waals surface area contributed by atoms with Gasteiger partial charge in [-0.05, 0) is 131 Å². The van der Waals surface area contributed by atoms with Gasteiger partial charge in [-0.25, -0.2) is 0 Å². The fourth-order valence-corrected chi connectivity index (χ4v) is 9.60. The van der Waals surface area contributed by atoms with Crippen LogP contribution in [-0.4, -0.2) is 0 Å². The molecule has 9 aromatic carbocycles. The fraction of sp³-hybridized carbons (Fsp3) is 0.0492. The largest absolute Gasteiger partial charge is 0.310 e. The number of hydrogen-bond donors (Lipinski definition) is 0. The Bertz CT molecular complexity index is 3220. The molecule has 9 aromatic rings. The third-order valence-electron chi connectivity index (χ3n) is 12.6. The number of anilines is 3. The maximum Gasteiger partial charge on any atom is 0.0465 e. The summed E-state index contributed by atoms with van der Waals surface area (Å²) >= 11 is 0. The van der Waals surface area contributed by atoms with Gasteiger partial charge < -0.3 is 4.90 Å². The van der Waals surface area contributed by atoms with E-state index in [0.717, 1.165) is 39.3 Å². The third-order valence-corrected chi connectivity index (χ3v) is 12.6. The number of allylic oxidation sites excluding steroid dienone is 4. The number of nitrogens with zero attached hydrogens (tertiary/aromatic N) is 1. The highest BCUT2D eigenvalue weighted by atomic mass is 15.1. The van der Waals surface area contributed by atoms with E-state index >= 15 is 0 Å². The standard InChI is InChI=1S/C61H47N/c1-5-7-18-42-28-29-47(40-46(42)19-8-6-2)43-30-34-48(35-31-43)62(50-38-39-54-53-24-16-17-27-57(53)61(3,4)58(54)41-50)49-36-32-45(33-37-49)60-56-26-15-13-23-52(56)51-22-12-14-25-55(51)59(60)44-20-10-9-11-21-44/h5-41H,1-2H2,3-4H3/b18-7-,19-8-. The van der Waals surface area contributed by atoms with Crippen molar-refractivity contribution >= 4 is 50.8 Å². The van der Waals surface area contributed by atoms with Crippen LogP contribution in [0.5, 0.6) is 0 Å². The lowest BCUT2D eigenvalue weighted by molar-refractivity contribution is 0.660. The van der Waals surface area contributed by atoms with Gasteiger partial charge in [0.25, 0.3) is 0 Å². The Morgan fingerprint density at radius 2 is 0.871 bits per heavy atom. The second-order valence-corrected chi connectivity index (χ2v) is 16.6. The van der Waals surface area contributed by atoms with Crippen LogP contribution in [0, 0.1) is 0 Å². The summed E-state index contributed by atoms with van der Waals surface area (Å²) in [6.07, 6.45) is 11.8. The van der Waals surface area contributed by atoms with Crippen molar-refractivity contribution in [1.82, 2.24) is 0 Å². The molecule has 10 rings (SSSR count). The van der Waals surface area contributed by atoms with E-state index in [9.17, 15) is 0 Å². The summed E-state index contributed by atoms with van der Waals surface area (Å²) < 4.78 is 0. The van der Waals surface area contributed by atoms with Gasteiger partial charge in [-0.2, -0.15) is 0 Å². The van der Waals surface area contributed by atoms with Crippen molar-refractivity contribution in [2.24, 2.45) is 0 Å². The second kappa shape index (κ2) is 16.0. The topological polar surface area (TPSA) is 3.24 Å². The van der Waals surface area contributed by atoms with E-state index in [1.54, 1.807) is 6.08 Å². The highest BCUT2D eigenvalue weighted by Crippen LogP contribution is 2.51. The highest BCUT2D eigenvalue weighted by Gasteiger charge is 2.35. The van der Waals surface area contributed by atoms with Crippen LogP contribution in [0.25, 0.3) is 78.2 Å². The predicted molar refractivity (Wildman–Crippen MR) is 268 cm³/mol. The van der Waals surface area contributed by atoms with Crippen molar-refractivity contribution in [3.05, 3.63) is 248 Å². The van der Waals surface area contributed by atoms with Gasteiger partial charge in [0.2, 0.25) is 0 Å². The first-order valence-corrected chi connectivity index (χ1v) is 21.4. The molecule has 1 heteroatoms. The number of rotatable bonds is 10. The molecule has 0 saturated carbocycles. The minimum atomic E-state index is -0.128. The summed E-state index contributed by atoms with van der Waals surface area (Å²) in [6, 6.07) is 69.2. The van der Waals surface area contributed by atoms with E-state index in [0.29, 0.717) is 0 Å². The maximum atomic E-state index is 3.90. The van der Waals surface area contributed by atoms with Crippen LogP contribution in [0.3, 0.4) is 0 Å². The van der Waals surface area contributed by atoms with Crippen LogP contribution >= 0.6 is 0 Å². The molecule has 296 valence electrons. The minimum absolute atomic E-state index is 0.128. The Kier molecular flexibility index (Phi) is 9.94. The monoisotopic (exact) mass is 793 g/mol. The SMILES string of the molecule is C=C/C=C\c1ccc(-c2ccc(N(c3ccc(-c4c(-c5ccccc5)c5ccccc5c5ccccc45)cc3)c3ccc4c(c3)C(C)(C)c3ccccc3-4)cc2)cc1/C=C\C=C. The van der Waals surface area contributed by atoms with E-state index in [1.165, 1.54) is 66.1 Å². The molecule has 0 unspecified atom stereocenters. The summed E-state index contributed by atoms with van der Waals surface area (Å²) in [4.78, 5) is 2.41. The van der Waals surface area contributed by atoms with Crippen LogP contribution in [0.15, 0.2) is 226 Å². The normalized spacial score (nSPS) is 12.8. The molecule has 0 bridgehead atoms. The smallest absolute Gasteiger partial charge is 0.0465 e. The molecular formula is C61H47N. The lowest BCUT2D eigenvalue weighted by Gasteiger charge is -2.28. The van der Waals surface area contributed by atoms with Gasteiger partial charge in [0.1, 0.15) is 0 Å². The van der Waals surface area contributed by atoms with Gasteiger partial charge >= 0.3 is 0 Å². The Hall–Kier alpha value is -7.74. The highest BCUT2D eigenvalue weighted by molar-refractivity contribution is 6.21. The van der Waals surface area contributed by atoms with E-state index in [2.05, 4.69) is 232 Å². The molecule has 0 N–H and O–H groups in total. The summed E-state index contributed by atoms with van der Waals surface area (Å²) in [5.74, 6) is 0. The van der Waals surface area contributed by atoms with Crippen molar-refractivity contribution in [1.29, 1.82) is 0 Å². The van der Waals surface area contributed by atoms with Crippen LogP contribution in [-0.2, 0) is 5.41 Å². The summed E-state index contributed by atoms with van der Waals surface area (Å²) in [5.41, 5.74) is 18.0. The van der Waals surface area contributed by atoms with Crippen molar-refractivity contribution in [3.8, 4) is 44.5 Å². The molecule has 62 heavy (non-hydrogen) atoms. The molecule has 1 aliphatic rings. The van der Waals surface area contributed by atoms with Crippen molar-refractivity contribution in [2.75, 3.05) is 4.90 Å². The molecular weight excluding hydrogens is 747 g/mol. The average molecular weight is 794 g/mol. The zero-order valence-electron chi connectivity index (χ0n) is 35.2. The Morgan fingerprint density at radius 3 is 1.50 bits per heavy atom. The number of fused-ring (bicyclic) bond motifs is 6. The van der Waals surface area contributed by atoms with Gasteiger partial charge in [0.05, 0.1) is 0 Å². The molecule has 0 amide bonds. The van der Waals surface area contributed by atoms with E-state index in [-0.39, 0.29) is 5.41 Å². The zero-order valence-corrected chi connectivity index (χ0v) is 35.2. The summed E-state index contributed by atoms with van der Waals surface area (Å²) in [5, 5.41) is 5.03. The minimum Gasteiger partial charge on any atom is -0.310 e. The first kappa shape index (κ1) is 38.5. The van der Waals surface area contributed by atoms with Crippen molar-refractivity contribution in [3.63, 3.8) is 0 Å². The van der Waals surface area contributed by atoms with Gasteiger partial charge in [0, 0.05) is 22.5 Å². The molecule has 0 atom stereocenters. The molecule has 0 heterocycles. The molecule has 1 nitrogen and oxygen atoms in total. The zero-order chi connectivity index (χ0) is 42.2. The predicted octanol–water partition coefficient (Wildman–Crippen LogP) is 17.2. The van der Waals surface area contributed by atoms with Gasteiger partial charge in [-0.1, -0.05) is 209 Å². The first-order chi connectivity index (χ1) is 30.4. The van der Waals surface area contributed by atoms with E-state index in [1.807, 2.05) is 18.2 Å². The summed E-state index contributed by atoms with van der Waals surface area (Å²) in [6.45, 7) is 12.5. The Labute approximate surface area is 365 Å². The second-order valence-electron chi connectivity index (χ2n) is 16.6. The molecule has 0 spiro atoms. The number of benzene rings is 9. The maximum absolute atomic E-state index is 3.90. The Balaban J connectivity index is 1.12. The van der Waals surface area contributed by atoms with Crippen LogP contribution < -0.4 is 4.90 Å². The molecule has 0 aromatic heterocycles. The Morgan fingerprint density at radius 1 is 0.387 bits per heavy atom. The number of hydrogen-bond acceptors (Lipinski definition) is 1. The van der Waals surface area contributed by atoms with Gasteiger partial charge in [0.15, 0.2) is 0 Å².